The number of aromatic nitrogens is 1. The highest BCUT2D eigenvalue weighted by molar-refractivity contribution is 5.93. The number of aryl methyl sites for hydroxylation is 1. The first-order valence-corrected chi connectivity index (χ1v) is 8.53. The van der Waals surface area contributed by atoms with Gasteiger partial charge in [-0.3, -0.25) is 20.2 Å². The van der Waals surface area contributed by atoms with E-state index in [9.17, 15) is 19.7 Å². The molecule has 1 aliphatic rings. The van der Waals surface area contributed by atoms with E-state index in [1.54, 1.807) is 6.92 Å². The number of hydrogen-bond acceptors (Lipinski definition) is 6. The molecule has 1 aliphatic heterocycles. The third kappa shape index (κ3) is 3.90. The number of urea groups is 1. The van der Waals surface area contributed by atoms with E-state index < -0.39 is 17.0 Å². The largest absolute Gasteiger partial charge is 0.342 e. The van der Waals surface area contributed by atoms with E-state index in [0.717, 1.165) is 6.42 Å². The third-order valence-corrected chi connectivity index (χ3v) is 4.60. The fourth-order valence-corrected chi connectivity index (χ4v) is 2.76. The zero-order chi connectivity index (χ0) is 19.4. The second kappa shape index (κ2) is 8.09. The number of nitrogens with one attached hydrogen (secondary N) is 1. The van der Waals surface area contributed by atoms with Gasteiger partial charge in [0.15, 0.2) is 0 Å². The molecule has 3 N–H and O–H groups in total. The maximum Gasteiger partial charge on any atom is 0.342 e. The maximum atomic E-state index is 12.6. The molecule has 10 heteroatoms. The van der Waals surface area contributed by atoms with Crippen LogP contribution in [0.4, 0.5) is 16.3 Å². The Balaban J connectivity index is 2.18. The van der Waals surface area contributed by atoms with Crippen molar-refractivity contribution in [3.05, 3.63) is 27.9 Å². The Hall–Kier alpha value is -2.75. The topological polar surface area (TPSA) is 135 Å². The minimum Gasteiger partial charge on any atom is -0.320 e. The summed E-state index contributed by atoms with van der Waals surface area (Å²) in [7, 11) is 0. The lowest BCUT2D eigenvalue weighted by molar-refractivity contribution is -0.384. The summed E-state index contributed by atoms with van der Waals surface area (Å²) in [5.41, 5.74) is 6.11. The third-order valence-electron chi connectivity index (χ3n) is 4.60. The summed E-state index contributed by atoms with van der Waals surface area (Å²) in [6.07, 6.45) is 2.73. The van der Waals surface area contributed by atoms with Gasteiger partial charge in [0.1, 0.15) is 0 Å². The molecule has 142 valence electrons. The predicted molar refractivity (Wildman–Crippen MR) is 95.1 cm³/mol. The molecule has 1 saturated heterocycles. The zero-order valence-corrected chi connectivity index (χ0v) is 15.1. The van der Waals surface area contributed by atoms with E-state index >= 15 is 0 Å². The highest BCUT2D eigenvalue weighted by Crippen LogP contribution is 2.26. The summed E-state index contributed by atoms with van der Waals surface area (Å²) < 4.78 is 0. The first kappa shape index (κ1) is 19.6. The number of nitrogens with two attached hydrogens (primary N) is 1. The molecule has 0 spiro atoms. The number of rotatable bonds is 5. The number of hydrazine groups is 1. The van der Waals surface area contributed by atoms with Crippen LogP contribution < -0.4 is 11.1 Å². The number of nitrogens with zero attached hydrogens (tertiary/aromatic N) is 4. The van der Waals surface area contributed by atoms with Crippen LogP contribution in [-0.2, 0) is 4.79 Å². The molecule has 0 radical (unpaired) electrons. The Morgan fingerprint density at radius 3 is 2.69 bits per heavy atom. The summed E-state index contributed by atoms with van der Waals surface area (Å²) in [6, 6.07) is 0.137. The van der Waals surface area contributed by atoms with Gasteiger partial charge in [-0.2, -0.15) is 0 Å². The monoisotopic (exact) mass is 364 g/mol. The van der Waals surface area contributed by atoms with Crippen LogP contribution in [-0.4, -0.2) is 51.0 Å². The van der Waals surface area contributed by atoms with Crippen LogP contribution in [0.25, 0.3) is 0 Å². The van der Waals surface area contributed by atoms with Gasteiger partial charge in [-0.25, -0.2) is 19.8 Å². The molecule has 0 aromatic carbocycles. The Labute approximate surface area is 151 Å². The molecule has 3 amide bonds. The molecule has 2 unspecified atom stereocenters. The molecule has 1 fully saturated rings. The van der Waals surface area contributed by atoms with E-state index in [-0.39, 0.29) is 23.3 Å². The van der Waals surface area contributed by atoms with Gasteiger partial charge in [0.05, 0.1) is 11.0 Å². The van der Waals surface area contributed by atoms with Gasteiger partial charge in [0.2, 0.25) is 5.82 Å². The highest BCUT2D eigenvalue weighted by atomic mass is 16.6. The van der Waals surface area contributed by atoms with E-state index in [1.807, 2.05) is 13.8 Å². The quantitative estimate of drug-likeness (QED) is 0.602. The van der Waals surface area contributed by atoms with Crippen molar-refractivity contribution in [2.45, 2.75) is 39.7 Å². The van der Waals surface area contributed by atoms with Gasteiger partial charge in [-0.1, -0.05) is 20.3 Å². The van der Waals surface area contributed by atoms with Crippen molar-refractivity contribution in [2.24, 2.45) is 11.7 Å². The van der Waals surface area contributed by atoms with E-state index in [4.69, 9.17) is 5.73 Å². The smallest absolute Gasteiger partial charge is 0.320 e. The summed E-state index contributed by atoms with van der Waals surface area (Å²) >= 11 is 0. The molecule has 2 rings (SSSR count). The number of pyridine rings is 1. The number of amides is 3. The Morgan fingerprint density at radius 1 is 1.42 bits per heavy atom. The average molecular weight is 364 g/mol. The van der Waals surface area contributed by atoms with E-state index in [1.165, 1.54) is 22.3 Å². The van der Waals surface area contributed by atoms with Gasteiger partial charge in [-0.05, 0) is 25.3 Å². The summed E-state index contributed by atoms with van der Waals surface area (Å²) in [5, 5.41) is 16.2. The number of hydrogen-bond donors (Lipinski definition) is 2. The lowest BCUT2D eigenvalue weighted by atomic mass is 9.99. The van der Waals surface area contributed by atoms with Crippen LogP contribution in [0.3, 0.4) is 0 Å². The Kier molecular flexibility index (Phi) is 6.09. The summed E-state index contributed by atoms with van der Waals surface area (Å²) in [5.74, 6) is -0.503. The summed E-state index contributed by atoms with van der Waals surface area (Å²) in [4.78, 5) is 39.7. The molecule has 0 aliphatic carbocycles. The van der Waals surface area contributed by atoms with Gasteiger partial charge in [0.25, 0.3) is 5.91 Å². The Bertz CT molecular complexity index is 710. The standard InChI is InChI=1S/C16H24N6O4/c1-4-10(2)12(17)15(23)20-8-5-9-21(20)16(24)19-14-13(22(25)26)11(3)6-7-18-14/h6-7,10,12H,4-5,8-9,17H2,1-3H3,(H,18,19,24). The van der Waals surface area contributed by atoms with Crippen LogP contribution in [0.2, 0.25) is 0 Å². The average Bonchev–Trinajstić information content (AvgIpc) is 3.09. The number of carbonyl (C=O) groups excluding carboxylic acids is 2. The van der Waals surface area contributed by atoms with E-state index in [0.29, 0.717) is 25.1 Å². The normalized spacial score (nSPS) is 16.3. The first-order valence-electron chi connectivity index (χ1n) is 8.53. The van der Waals surface area contributed by atoms with Crippen LogP contribution in [0.15, 0.2) is 12.3 Å². The van der Waals surface area contributed by atoms with Crippen molar-refractivity contribution in [1.82, 2.24) is 15.0 Å². The van der Waals surface area contributed by atoms with Crippen LogP contribution >= 0.6 is 0 Å². The van der Waals surface area contributed by atoms with Crippen LogP contribution in [0.5, 0.6) is 0 Å². The zero-order valence-electron chi connectivity index (χ0n) is 15.1. The maximum absolute atomic E-state index is 12.6. The van der Waals surface area contributed by atoms with Gasteiger partial charge >= 0.3 is 11.7 Å². The van der Waals surface area contributed by atoms with Gasteiger partial charge in [-0.15, -0.1) is 0 Å². The first-order chi connectivity index (χ1) is 12.3. The van der Waals surface area contributed by atoms with Crippen molar-refractivity contribution in [2.75, 3.05) is 18.4 Å². The van der Waals surface area contributed by atoms with Crippen molar-refractivity contribution < 1.29 is 14.5 Å². The predicted octanol–water partition coefficient (Wildman–Crippen LogP) is 1.65. The number of carbonyl (C=O) groups is 2. The highest BCUT2D eigenvalue weighted by Gasteiger charge is 2.35. The minimum atomic E-state index is -0.708. The molecule has 1 aromatic rings. The fourth-order valence-electron chi connectivity index (χ4n) is 2.76. The van der Waals surface area contributed by atoms with Crippen molar-refractivity contribution in [1.29, 1.82) is 0 Å². The molecule has 10 nitrogen and oxygen atoms in total. The molecular formula is C16H24N6O4. The lowest BCUT2D eigenvalue weighted by Crippen LogP contribution is -2.53. The second-order valence-corrected chi connectivity index (χ2v) is 6.36. The molecule has 0 saturated carbocycles. The molecule has 0 bridgehead atoms. The van der Waals surface area contributed by atoms with Crippen molar-refractivity contribution in [3.8, 4) is 0 Å². The van der Waals surface area contributed by atoms with E-state index in [2.05, 4.69) is 10.3 Å². The molecule has 26 heavy (non-hydrogen) atoms. The van der Waals surface area contributed by atoms with Crippen LogP contribution in [0, 0.1) is 23.0 Å². The molecule has 2 atom stereocenters. The number of anilines is 1. The molecule has 2 heterocycles. The fraction of sp³-hybridized carbons (Fsp3) is 0.562. The second-order valence-electron chi connectivity index (χ2n) is 6.36. The molecule has 1 aromatic heterocycles. The summed E-state index contributed by atoms with van der Waals surface area (Å²) in [6.45, 7) is 6.08. The van der Waals surface area contributed by atoms with Gasteiger partial charge < -0.3 is 5.73 Å². The molecular weight excluding hydrogens is 340 g/mol. The number of nitro groups is 1. The lowest BCUT2D eigenvalue weighted by Gasteiger charge is -2.31. The van der Waals surface area contributed by atoms with Crippen LogP contribution in [0.1, 0.15) is 32.3 Å². The SMILES string of the molecule is CCC(C)C(N)C(=O)N1CCCN1C(=O)Nc1nccc(C)c1[N+](=O)[O-]. The Morgan fingerprint density at radius 2 is 2.08 bits per heavy atom. The van der Waals surface area contributed by atoms with Crippen molar-refractivity contribution >= 4 is 23.4 Å². The minimum absolute atomic E-state index is 0.0208. The van der Waals surface area contributed by atoms with Crippen molar-refractivity contribution in [3.63, 3.8) is 0 Å². The van der Waals surface area contributed by atoms with Gasteiger partial charge in [0, 0.05) is 24.8 Å².